The third-order valence-corrected chi connectivity index (χ3v) is 3.82. The zero-order valence-electron chi connectivity index (χ0n) is 11.6. The van der Waals surface area contributed by atoms with Crippen molar-refractivity contribution in [2.45, 2.75) is 11.5 Å². The first-order valence-corrected chi connectivity index (χ1v) is 7.44. The highest BCUT2D eigenvalue weighted by molar-refractivity contribution is 8.00. The molecule has 0 spiro atoms. The van der Waals surface area contributed by atoms with Crippen molar-refractivity contribution in [3.05, 3.63) is 64.2 Å². The summed E-state index contributed by atoms with van der Waals surface area (Å²) in [6, 6.07) is 13.0. The van der Waals surface area contributed by atoms with Crippen LogP contribution in [-0.2, 0) is 11.4 Å². The number of rotatable bonds is 6. The zero-order chi connectivity index (χ0) is 15.9. The summed E-state index contributed by atoms with van der Waals surface area (Å²) >= 11 is 1.29. The molecule has 6 nitrogen and oxygen atoms in total. The molecule has 0 saturated carbocycles. The van der Waals surface area contributed by atoms with E-state index in [1.165, 1.54) is 23.9 Å². The second-order valence-electron chi connectivity index (χ2n) is 4.45. The predicted octanol–water partition coefficient (Wildman–Crippen LogP) is 2.82. The zero-order valence-corrected chi connectivity index (χ0v) is 12.4. The number of anilines is 1. The molecule has 0 aliphatic carbocycles. The van der Waals surface area contributed by atoms with Gasteiger partial charge in [0.05, 0.1) is 17.3 Å². The maximum Gasteiger partial charge on any atom is 0.269 e. The molecule has 0 heterocycles. The van der Waals surface area contributed by atoms with E-state index in [2.05, 4.69) is 5.32 Å². The van der Waals surface area contributed by atoms with Gasteiger partial charge in [0.15, 0.2) is 0 Å². The first kappa shape index (κ1) is 16.0. The minimum Gasteiger partial charge on any atom is -0.392 e. The summed E-state index contributed by atoms with van der Waals surface area (Å²) in [4.78, 5) is 22.7. The van der Waals surface area contributed by atoms with Gasteiger partial charge in [0, 0.05) is 22.7 Å². The standard InChI is InChI=1S/C15H14N2O4S/c18-9-11-2-1-3-12(8-11)16-15(19)10-22-14-6-4-13(5-7-14)17(20)21/h1-8,18H,9-10H2,(H,16,19). The average Bonchev–Trinajstić information content (AvgIpc) is 2.53. The second kappa shape index (κ2) is 7.58. The van der Waals surface area contributed by atoms with Crippen molar-refractivity contribution in [3.63, 3.8) is 0 Å². The molecule has 0 aliphatic rings. The van der Waals surface area contributed by atoms with Crippen molar-refractivity contribution in [1.29, 1.82) is 0 Å². The molecule has 0 aromatic heterocycles. The molecule has 0 atom stereocenters. The summed E-state index contributed by atoms with van der Waals surface area (Å²) in [5.41, 5.74) is 1.37. The Kier molecular flexibility index (Phi) is 5.51. The van der Waals surface area contributed by atoms with E-state index in [4.69, 9.17) is 5.11 Å². The van der Waals surface area contributed by atoms with E-state index >= 15 is 0 Å². The Bertz CT molecular complexity index is 673. The number of aliphatic hydroxyl groups is 1. The van der Waals surface area contributed by atoms with Gasteiger partial charge in [-0.15, -0.1) is 11.8 Å². The summed E-state index contributed by atoms with van der Waals surface area (Å²) in [6.07, 6.45) is 0. The van der Waals surface area contributed by atoms with Gasteiger partial charge in [-0.25, -0.2) is 0 Å². The number of nitro benzene ring substituents is 1. The molecule has 1 amide bonds. The number of benzene rings is 2. The minimum absolute atomic E-state index is 0.0228. The third-order valence-electron chi connectivity index (χ3n) is 2.81. The predicted molar refractivity (Wildman–Crippen MR) is 84.8 cm³/mol. The largest absolute Gasteiger partial charge is 0.392 e. The van der Waals surface area contributed by atoms with Crippen LogP contribution in [0.1, 0.15) is 5.56 Å². The van der Waals surface area contributed by atoms with Gasteiger partial charge in [-0.3, -0.25) is 14.9 Å². The first-order chi connectivity index (χ1) is 10.6. The fraction of sp³-hybridized carbons (Fsp3) is 0.133. The lowest BCUT2D eigenvalue weighted by Crippen LogP contribution is -2.14. The van der Waals surface area contributed by atoms with Crippen LogP contribution in [0.15, 0.2) is 53.4 Å². The van der Waals surface area contributed by atoms with Crippen molar-refractivity contribution in [2.24, 2.45) is 0 Å². The molecule has 0 bridgehead atoms. The number of hydrogen-bond acceptors (Lipinski definition) is 5. The van der Waals surface area contributed by atoms with Crippen LogP contribution in [0.3, 0.4) is 0 Å². The van der Waals surface area contributed by atoms with Gasteiger partial charge < -0.3 is 10.4 Å². The Morgan fingerprint density at radius 2 is 1.95 bits per heavy atom. The molecule has 2 N–H and O–H groups in total. The molecular formula is C15H14N2O4S. The van der Waals surface area contributed by atoms with E-state index in [1.54, 1.807) is 36.4 Å². The van der Waals surface area contributed by atoms with E-state index in [0.717, 1.165) is 10.5 Å². The van der Waals surface area contributed by atoms with Crippen molar-refractivity contribution < 1.29 is 14.8 Å². The van der Waals surface area contributed by atoms with Crippen LogP contribution in [0.2, 0.25) is 0 Å². The summed E-state index contributed by atoms with van der Waals surface area (Å²) in [5.74, 6) is 0.0136. The molecule has 0 saturated heterocycles. The highest BCUT2D eigenvalue weighted by Crippen LogP contribution is 2.21. The molecular weight excluding hydrogens is 304 g/mol. The number of carbonyl (C=O) groups is 1. The Hall–Kier alpha value is -2.38. The van der Waals surface area contributed by atoms with Crippen LogP contribution in [-0.4, -0.2) is 21.7 Å². The summed E-state index contributed by atoms with van der Waals surface area (Å²) in [7, 11) is 0. The summed E-state index contributed by atoms with van der Waals surface area (Å²) in [5, 5.41) is 22.3. The number of carbonyl (C=O) groups excluding carboxylic acids is 1. The van der Waals surface area contributed by atoms with E-state index in [1.807, 2.05) is 0 Å². The minimum atomic E-state index is -0.463. The highest BCUT2D eigenvalue weighted by atomic mass is 32.2. The monoisotopic (exact) mass is 318 g/mol. The van der Waals surface area contributed by atoms with Crippen LogP contribution in [0.25, 0.3) is 0 Å². The van der Waals surface area contributed by atoms with Gasteiger partial charge in [0.1, 0.15) is 0 Å². The molecule has 0 fully saturated rings. The normalized spacial score (nSPS) is 10.2. The smallest absolute Gasteiger partial charge is 0.269 e. The van der Waals surface area contributed by atoms with Crippen molar-refractivity contribution in [1.82, 2.24) is 0 Å². The van der Waals surface area contributed by atoms with E-state index in [0.29, 0.717) is 5.69 Å². The summed E-state index contributed by atoms with van der Waals surface area (Å²) in [6.45, 7) is -0.0821. The number of nitro groups is 1. The number of nitrogens with one attached hydrogen (secondary N) is 1. The van der Waals surface area contributed by atoms with Gasteiger partial charge in [0.2, 0.25) is 5.91 Å². The van der Waals surface area contributed by atoms with Gasteiger partial charge in [-0.2, -0.15) is 0 Å². The molecule has 22 heavy (non-hydrogen) atoms. The second-order valence-corrected chi connectivity index (χ2v) is 5.50. The van der Waals surface area contributed by atoms with Gasteiger partial charge >= 0.3 is 0 Å². The lowest BCUT2D eigenvalue weighted by Gasteiger charge is -2.06. The SMILES string of the molecule is O=C(CSc1ccc([N+](=O)[O-])cc1)Nc1cccc(CO)c1. The molecule has 0 aliphatic heterocycles. The molecule has 2 aromatic carbocycles. The lowest BCUT2D eigenvalue weighted by molar-refractivity contribution is -0.384. The maximum absolute atomic E-state index is 11.9. The van der Waals surface area contributed by atoms with Crippen molar-refractivity contribution in [3.8, 4) is 0 Å². The molecule has 0 unspecified atom stereocenters. The molecule has 0 radical (unpaired) electrons. The Labute approximate surface area is 131 Å². The highest BCUT2D eigenvalue weighted by Gasteiger charge is 2.07. The average molecular weight is 318 g/mol. The first-order valence-electron chi connectivity index (χ1n) is 6.45. The number of nitrogens with zero attached hydrogens (tertiary/aromatic N) is 1. The molecule has 2 rings (SSSR count). The number of non-ortho nitro benzene ring substituents is 1. The number of hydrogen-bond donors (Lipinski definition) is 2. The topological polar surface area (TPSA) is 92.5 Å². The molecule has 7 heteroatoms. The fourth-order valence-electron chi connectivity index (χ4n) is 1.76. The van der Waals surface area contributed by atoms with E-state index < -0.39 is 4.92 Å². The molecule has 2 aromatic rings. The quantitative estimate of drug-likeness (QED) is 0.485. The van der Waals surface area contributed by atoms with Crippen molar-refractivity contribution >= 4 is 29.0 Å². The number of aliphatic hydroxyl groups excluding tert-OH is 1. The van der Waals surface area contributed by atoms with Crippen LogP contribution >= 0.6 is 11.8 Å². The van der Waals surface area contributed by atoms with Gasteiger partial charge in [-0.05, 0) is 29.8 Å². The number of thioether (sulfide) groups is 1. The van der Waals surface area contributed by atoms with Gasteiger partial charge in [0.25, 0.3) is 5.69 Å². The van der Waals surface area contributed by atoms with E-state index in [9.17, 15) is 14.9 Å². The maximum atomic E-state index is 11.9. The Morgan fingerprint density at radius 3 is 2.59 bits per heavy atom. The third kappa shape index (κ3) is 4.57. The summed E-state index contributed by atoms with van der Waals surface area (Å²) < 4.78 is 0. The number of amides is 1. The van der Waals surface area contributed by atoms with Crippen LogP contribution in [0.4, 0.5) is 11.4 Å². The van der Waals surface area contributed by atoms with E-state index in [-0.39, 0.29) is 24.0 Å². The lowest BCUT2D eigenvalue weighted by atomic mass is 10.2. The van der Waals surface area contributed by atoms with Crippen LogP contribution < -0.4 is 5.32 Å². The molecule has 114 valence electrons. The van der Waals surface area contributed by atoms with Gasteiger partial charge in [-0.1, -0.05) is 12.1 Å². The van der Waals surface area contributed by atoms with Crippen LogP contribution in [0.5, 0.6) is 0 Å². The van der Waals surface area contributed by atoms with Crippen LogP contribution in [0, 0.1) is 10.1 Å². The van der Waals surface area contributed by atoms with Crippen molar-refractivity contribution in [2.75, 3.05) is 11.1 Å². The fourth-order valence-corrected chi connectivity index (χ4v) is 2.46. The Morgan fingerprint density at radius 1 is 1.23 bits per heavy atom. The Balaban J connectivity index is 1.88.